The third kappa shape index (κ3) is 2.35. The highest BCUT2D eigenvalue weighted by atomic mass is 32.1. The van der Waals surface area contributed by atoms with Crippen molar-refractivity contribution in [3.05, 3.63) is 59.1 Å². The molecule has 1 amide bonds. The van der Waals surface area contributed by atoms with Gasteiger partial charge in [0.1, 0.15) is 0 Å². The zero-order valence-corrected chi connectivity index (χ0v) is 11.2. The summed E-state index contributed by atoms with van der Waals surface area (Å²) in [5.74, 6) is -0.0901. The molecule has 0 spiro atoms. The monoisotopic (exact) mass is 268 g/mol. The van der Waals surface area contributed by atoms with Crippen LogP contribution < -0.4 is 5.32 Å². The van der Waals surface area contributed by atoms with Crippen molar-refractivity contribution in [2.45, 2.75) is 6.92 Å². The molecular weight excluding hydrogens is 256 g/mol. The highest BCUT2D eigenvalue weighted by molar-refractivity contribution is 7.16. The molecule has 0 aliphatic heterocycles. The fraction of sp³-hybridized carbons (Fsp3) is 0.0667. The summed E-state index contributed by atoms with van der Waals surface area (Å²) in [4.78, 5) is 16.4. The second kappa shape index (κ2) is 4.82. The number of nitrogens with zero attached hydrogens (tertiary/aromatic N) is 1. The molecule has 0 unspecified atom stereocenters. The van der Waals surface area contributed by atoms with Gasteiger partial charge >= 0.3 is 0 Å². The largest absolute Gasteiger partial charge is 0.322 e. The Labute approximate surface area is 114 Å². The van der Waals surface area contributed by atoms with Gasteiger partial charge in [-0.3, -0.25) is 4.79 Å². The molecule has 3 aromatic rings. The Balaban J connectivity index is 1.88. The topological polar surface area (TPSA) is 42.0 Å². The van der Waals surface area contributed by atoms with Crippen molar-refractivity contribution >= 4 is 33.1 Å². The molecule has 3 rings (SSSR count). The smallest absolute Gasteiger partial charge is 0.255 e. The van der Waals surface area contributed by atoms with Crippen LogP contribution in [0, 0.1) is 6.92 Å². The van der Waals surface area contributed by atoms with Crippen molar-refractivity contribution in [1.82, 2.24) is 4.98 Å². The Hall–Kier alpha value is -2.20. The Morgan fingerprint density at radius 1 is 1.21 bits per heavy atom. The highest BCUT2D eigenvalue weighted by Gasteiger charge is 2.09. The van der Waals surface area contributed by atoms with E-state index in [2.05, 4.69) is 10.3 Å². The second-order valence-corrected chi connectivity index (χ2v) is 5.19. The van der Waals surface area contributed by atoms with Crippen LogP contribution in [0.4, 0.5) is 5.69 Å². The van der Waals surface area contributed by atoms with Crippen molar-refractivity contribution in [1.29, 1.82) is 0 Å². The first kappa shape index (κ1) is 11.9. The maximum absolute atomic E-state index is 12.2. The lowest BCUT2D eigenvalue weighted by atomic mass is 10.1. The molecule has 19 heavy (non-hydrogen) atoms. The number of aromatic nitrogens is 1. The predicted molar refractivity (Wildman–Crippen MR) is 78.8 cm³/mol. The summed E-state index contributed by atoms with van der Waals surface area (Å²) in [5.41, 5.74) is 5.15. The highest BCUT2D eigenvalue weighted by Crippen LogP contribution is 2.22. The van der Waals surface area contributed by atoms with Gasteiger partial charge in [0.15, 0.2) is 0 Å². The summed E-state index contributed by atoms with van der Waals surface area (Å²) >= 11 is 1.59. The van der Waals surface area contributed by atoms with E-state index in [1.54, 1.807) is 16.8 Å². The van der Waals surface area contributed by atoms with Gasteiger partial charge in [-0.05, 0) is 36.8 Å². The van der Waals surface area contributed by atoms with Crippen LogP contribution in [0.2, 0.25) is 0 Å². The quantitative estimate of drug-likeness (QED) is 0.767. The molecule has 3 nitrogen and oxygen atoms in total. The second-order valence-electron chi connectivity index (χ2n) is 4.30. The van der Waals surface area contributed by atoms with Crippen LogP contribution in [0.5, 0.6) is 0 Å². The third-order valence-corrected chi connectivity index (χ3v) is 3.79. The van der Waals surface area contributed by atoms with Crippen LogP contribution in [0.3, 0.4) is 0 Å². The van der Waals surface area contributed by atoms with E-state index in [4.69, 9.17) is 0 Å². The Morgan fingerprint density at radius 3 is 2.89 bits per heavy atom. The minimum Gasteiger partial charge on any atom is -0.322 e. The summed E-state index contributed by atoms with van der Waals surface area (Å²) in [6.07, 6.45) is 0. The lowest BCUT2D eigenvalue weighted by Crippen LogP contribution is -2.13. The van der Waals surface area contributed by atoms with E-state index < -0.39 is 0 Å². The fourth-order valence-electron chi connectivity index (χ4n) is 1.96. The SMILES string of the molecule is Cc1ccccc1C(=O)Nc1ccc2scnc2c1. The standard InChI is InChI=1S/C15H12N2OS/c1-10-4-2-3-5-12(10)15(18)17-11-6-7-14-13(8-11)16-9-19-14/h2-9H,1H3,(H,17,18). The first-order valence-electron chi connectivity index (χ1n) is 5.94. The van der Waals surface area contributed by atoms with Gasteiger partial charge in [0.25, 0.3) is 5.91 Å². The molecule has 1 aromatic heterocycles. The normalized spacial score (nSPS) is 10.6. The van der Waals surface area contributed by atoms with Gasteiger partial charge in [0.2, 0.25) is 0 Å². The zero-order chi connectivity index (χ0) is 13.2. The van der Waals surface area contributed by atoms with Gasteiger partial charge < -0.3 is 5.32 Å². The molecule has 2 aromatic carbocycles. The molecule has 1 heterocycles. The summed E-state index contributed by atoms with van der Waals surface area (Å²) in [6.45, 7) is 1.93. The number of hydrogen-bond acceptors (Lipinski definition) is 3. The predicted octanol–water partition coefficient (Wildman–Crippen LogP) is 3.86. The number of carbonyl (C=O) groups excluding carboxylic acids is 1. The van der Waals surface area contributed by atoms with Gasteiger partial charge in [-0.2, -0.15) is 0 Å². The number of hydrogen-bond donors (Lipinski definition) is 1. The number of fused-ring (bicyclic) bond motifs is 1. The van der Waals surface area contributed by atoms with Gasteiger partial charge in [-0.25, -0.2) is 4.98 Å². The van der Waals surface area contributed by atoms with Crippen LogP contribution in [0.1, 0.15) is 15.9 Å². The van der Waals surface area contributed by atoms with Gasteiger partial charge in [-0.1, -0.05) is 18.2 Å². The summed E-state index contributed by atoms with van der Waals surface area (Å²) in [6, 6.07) is 13.3. The minimum atomic E-state index is -0.0901. The van der Waals surface area contributed by atoms with E-state index in [0.717, 1.165) is 21.5 Å². The molecule has 0 atom stereocenters. The van der Waals surface area contributed by atoms with Gasteiger partial charge in [0, 0.05) is 11.3 Å². The molecule has 0 aliphatic rings. The Kier molecular flexibility index (Phi) is 3.01. The number of carbonyl (C=O) groups is 1. The average molecular weight is 268 g/mol. The van der Waals surface area contributed by atoms with E-state index in [1.807, 2.05) is 49.4 Å². The summed E-state index contributed by atoms with van der Waals surface area (Å²) in [7, 11) is 0. The molecule has 0 fully saturated rings. The van der Waals surface area contributed by atoms with Crippen LogP contribution >= 0.6 is 11.3 Å². The van der Waals surface area contributed by atoms with Crippen LogP contribution in [-0.2, 0) is 0 Å². The van der Waals surface area contributed by atoms with Crippen LogP contribution in [0.15, 0.2) is 48.0 Å². The van der Waals surface area contributed by atoms with Crippen molar-refractivity contribution in [2.75, 3.05) is 5.32 Å². The van der Waals surface area contributed by atoms with E-state index in [0.29, 0.717) is 5.56 Å². The Bertz CT molecular complexity index is 748. The lowest BCUT2D eigenvalue weighted by molar-refractivity contribution is 0.102. The maximum atomic E-state index is 12.2. The number of thiazole rings is 1. The van der Waals surface area contributed by atoms with Crippen molar-refractivity contribution in [3.63, 3.8) is 0 Å². The molecule has 4 heteroatoms. The van der Waals surface area contributed by atoms with E-state index in [9.17, 15) is 4.79 Å². The molecule has 0 bridgehead atoms. The first-order valence-corrected chi connectivity index (χ1v) is 6.82. The number of aryl methyl sites for hydroxylation is 1. The number of rotatable bonds is 2. The Morgan fingerprint density at radius 2 is 2.05 bits per heavy atom. The summed E-state index contributed by atoms with van der Waals surface area (Å²) < 4.78 is 1.12. The average Bonchev–Trinajstić information content (AvgIpc) is 2.86. The summed E-state index contributed by atoms with van der Waals surface area (Å²) in [5, 5.41) is 2.91. The van der Waals surface area contributed by atoms with Crippen LogP contribution in [0.25, 0.3) is 10.2 Å². The van der Waals surface area contributed by atoms with Crippen molar-refractivity contribution in [2.24, 2.45) is 0 Å². The molecule has 0 saturated carbocycles. The van der Waals surface area contributed by atoms with Crippen LogP contribution in [-0.4, -0.2) is 10.9 Å². The minimum absolute atomic E-state index is 0.0901. The van der Waals surface area contributed by atoms with Crippen molar-refractivity contribution in [3.8, 4) is 0 Å². The lowest BCUT2D eigenvalue weighted by Gasteiger charge is -2.07. The third-order valence-electron chi connectivity index (χ3n) is 2.98. The first-order chi connectivity index (χ1) is 9.24. The maximum Gasteiger partial charge on any atom is 0.255 e. The molecule has 0 aliphatic carbocycles. The number of nitrogens with one attached hydrogen (secondary N) is 1. The molecular formula is C15H12N2OS. The van der Waals surface area contributed by atoms with E-state index in [1.165, 1.54) is 0 Å². The van der Waals surface area contributed by atoms with Gasteiger partial charge in [0.05, 0.1) is 15.7 Å². The molecule has 0 radical (unpaired) electrons. The molecule has 1 N–H and O–H groups in total. The number of benzene rings is 2. The van der Waals surface area contributed by atoms with Gasteiger partial charge in [-0.15, -0.1) is 11.3 Å². The van der Waals surface area contributed by atoms with E-state index >= 15 is 0 Å². The molecule has 0 saturated heterocycles. The van der Waals surface area contributed by atoms with Crippen molar-refractivity contribution < 1.29 is 4.79 Å². The van der Waals surface area contributed by atoms with E-state index in [-0.39, 0.29) is 5.91 Å². The number of anilines is 1. The molecule has 94 valence electrons. The number of amides is 1. The zero-order valence-electron chi connectivity index (χ0n) is 10.4. The fourth-order valence-corrected chi connectivity index (χ4v) is 2.62.